The smallest absolute Gasteiger partial charge is 0.309 e. The lowest BCUT2D eigenvalue weighted by atomic mass is 9.95. The van der Waals surface area contributed by atoms with Crippen molar-refractivity contribution in [3.05, 3.63) is 53.6 Å². The summed E-state index contributed by atoms with van der Waals surface area (Å²) in [7, 11) is 2.92. The first-order valence-corrected chi connectivity index (χ1v) is 9.95. The molecule has 0 radical (unpaired) electrons. The van der Waals surface area contributed by atoms with Crippen molar-refractivity contribution in [2.24, 2.45) is 11.8 Å². The highest BCUT2D eigenvalue weighted by atomic mass is 19.1. The summed E-state index contributed by atoms with van der Waals surface area (Å²) >= 11 is 0. The van der Waals surface area contributed by atoms with E-state index in [1.54, 1.807) is 33.1 Å². The largest absolute Gasteiger partial charge is 0.503 e. The standard InChI is InChI=1S/C23H28FNO6/c1-14(11-19(26)21-22(27)20(30-4)9-10-25-21)23(28)31-15(2)17(13-29-3)12-16-5-7-18(24)8-6-16/h5-10,14-15,17,27H,11-13H2,1-4H3/t14-,15+,17-/m1/s1. The van der Waals surface area contributed by atoms with Gasteiger partial charge in [0.25, 0.3) is 0 Å². The number of pyridine rings is 1. The lowest BCUT2D eigenvalue weighted by molar-refractivity contribution is -0.156. The van der Waals surface area contributed by atoms with E-state index in [1.807, 2.05) is 0 Å². The zero-order chi connectivity index (χ0) is 23.0. The first kappa shape index (κ1) is 24.3. The maximum absolute atomic E-state index is 13.1. The van der Waals surface area contributed by atoms with E-state index in [0.717, 1.165) is 5.56 Å². The quantitative estimate of drug-likeness (QED) is 0.427. The van der Waals surface area contributed by atoms with Crippen LogP contribution in [-0.2, 0) is 20.7 Å². The number of hydrogen-bond acceptors (Lipinski definition) is 7. The van der Waals surface area contributed by atoms with Gasteiger partial charge in [-0.1, -0.05) is 19.1 Å². The van der Waals surface area contributed by atoms with Crippen LogP contribution in [0.1, 0.15) is 36.3 Å². The molecule has 168 valence electrons. The van der Waals surface area contributed by atoms with Crippen molar-refractivity contribution in [3.8, 4) is 11.5 Å². The molecule has 1 aromatic carbocycles. The third-order valence-electron chi connectivity index (χ3n) is 5.02. The number of nitrogens with zero attached hydrogens (tertiary/aromatic N) is 1. The molecule has 0 aliphatic heterocycles. The van der Waals surface area contributed by atoms with Crippen LogP contribution >= 0.6 is 0 Å². The Bertz CT molecular complexity index is 886. The number of halogens is 1. The molecule has 0 unspecified atom stereocenters. The van der Waals surface area contributed by atoms with Gasteiger partial charge in [-0.3, -0.25) is 9.59 Å². The minimum Gasteiger partial charge on any atom is -0.503 e. The highest BCUT2D eigenvalue weighted by molar-refractivity contribution is 5.99. The van der Waals surface area contributed by atoms with Gasteiger partial charge in [-0.05, 0) is 31.0 Å². The fourth-order valence-electron chi connectivity index (χ4n) is 3.16. The van der Waals surface area contributed by atoms with E-state index >= 15 is 0 Å². The number of benzene rings is 1. The predicted octanol–water partition coefficient (Wildman–Crippen LogP) is 3.58. The second kappa shape index (κ2) is 11.4. The summed E-state index contributed by atoms with van der Waals surface area (Å²) in [5.74, 6) is -2.46. The molecule has 0 fully saturated rings. The average Bonchev–Trinajstić information content (AvgIpc) is 2.74. The van der Waals surface area contributed by atoms with Gasteiger partial charge in [-0.15, -0.1) is 0 Å². The fourth-order valence-corrected chi connectivity index (χ4v) is 3.16. The molecule has 7 nitrogen and oxygen atoms in total. The van der Waals surface area contributed by atoms with Gasteiger partial charge in [0.15, 0.2) is 23.0 Å². The van der Waals surface area contributed by atoms with Gasteiger partial charge >= 0.3 is 5.97 Å². The maximum atomic E-state index is 13.1. The Morgan fingerprint density at radius 1 is 1.13 bits per heavy atom. The zero-order valence-electron chi connectivity index (χ0n) is 18.1. The van der Waals surface area contributed by atoms with E-state index in [0.29, 0.717) is 13.0 Å². The summed E-state index contributed by atoms with van der Waals surface area (Å²) in [4.78, 5) is 29.0. The molecule has 0 saturated heterocycles. The Hall–Kier alpha value is -3.00. The van der Waals surface area contributed by atoms with Crippen LogP contribution in [0.25, 0.3) is 0 Å². The van der Waals surface area contributed by atoms with E-state index in [4.69, 9.17) is 14.2 Å². The van der Waals surface area contributed by atoms with Crippen molar-refractivity contribution >= 4 is 11.8 Å². The van der Waals surface area contributed by atoms with Gasteiger partial charge in [0.05, 0.1) is 19.6 Å². The van der Waals surface area contributed by atoms with Gasteiger partial charge in [-0.25, -0.2) is 9.37 Å². The number of esters is 1. The molecule has 8 heteroatoms. The van der Waals surface area contributed by atoms with Crippen molar-refractivity contribution < 1.29 is 33.3 Å². The Kier molecular flexibility index (Phi) is 8.93. The summed E-state index contributed by atoms with van der Waals surface area (Å²) in [6.45, 7) is 3.69. The lowest BCUT2D eigenvalue weighted by Crippen LogP contribution is -2.31. The maximum Gasteiger partial charge on any atom is 0.309 e. The average molecular weight is 433 g/mol. The van der Waals surface area contributed by atoms with Crippen LogP contribution in [0.5, 0.6) is 11.5 Å². The first-order chi connectivity index (χ1) is 14.8. The normalized spacial score (nSPS) is 13.8. The molecule has 0 bridgehead atoms. The molecule has 0 amide bonds. The zero-order valence-corrected chi connectivity index (χ0v) is 18.1. The van der Waals surface area contributed by atoms with Crippen LogP contribution in [0, 0.1) is 17.7 Å². The first-order valence-electron chi connectivity index (χ1n) is 9.95. The molecule has 3 atom stereocenters. The van der Waals surface area contributed by atoms with Crippen molar-refractivity contribution in [1.29, 1.82) is 0 Å². The van der Waals surface area contributed by atoms with Crippen LogP contribution in [0.3, 0.4) is 0 Å². The number of aromatic hydroxyl groups is 1. The van der Waals surface area contributed by atoms with E-state index < -0.39 is 23.8 Å². The molecule has 0 spiro atoms. The number of rotatable bonds is 11. The topological polar surface area (TPSA) is 95.0 Å². The predicted molar refractivity (Wildman–Crippen MR) is 112 cm³/mol. The molecular formula is C23H28FNO6. The van der Waals surface area contributed by atoms with Crippen LogP contribution < -0.4 is 4.74 Å². The summed E-state index contributed by atoms with van der Waals surface area (Å²) < 4.78 is 29.0. The number of methoxy groups -OCH3 is 2. The van der Waals surface area contributed by atoms with E-state index in [-0.39, 0.29) is 35.3 Å². The lowest BCUT2D eigenvalue weighted by Gasteiger charge is -2.25. The highest BCUT2D eigenvalue weighted by Crippen LogP contribution is 2.29. The van der Waals surface area contributed by atoms with Gasteiger partial charge in [0.1, 0.15) is 11.9 Å². The molecular weight excluding hydrogens is 405 g/mol. The van der Waals surface area contributed by atoms with Crippen molar-refractivity contribution in [3.63, 3.8) is 0 Å². The number of Topliss-reactive ketones (excluding diaryl/α,β-unsaturated/α-hetero) is 1. The van der Waals surface area contributed by atoms with Crippen LogP contribution in [-0.4, -0.2) is 48.8 Å². The van der Waals surface area contributed by atoms with Crippen molar-refractivity contribution in [1.82, 2.24) is 4.98 Å². The summed E-state index contributed by atoms with van der Waals surface area (Å²) in [5, 5.41) is 10.1. The summed E-state index contributed by atoms with van der Waals surface area (Å²) in [5.41, 5.74) is 0.745. The van der Waals surface area contributed by atoms with Gasteiger partial charge < -0.3 is 19.3 Å². The third-order valence-corrected chi connectivity index (χ3v) is 5.02. The number of ether oxygens (including phenoxy) is 3. The highest BCUT2D eigenvalue weighted by Gasteiger charge is 2.27. The number of carbonyl (C=O) groups is 2. The molecule has 1 aromatic heterocycles. The molecule has 1 heterocycles. The SMILES string of the molecule is COC[C@@H](Cc1ccc(F)cc1)[C@H](C)OC(=O)[C@H](C)CC(=O)c1nccc(OC)c1O. The Morgan fingerprint density at radius 3 is 2.42 bits per heavy atom. The number of carbonyl (C=O) groups excluding carboxylic acids is 2. The van der Waals surface area contributed by atoms with E-state index in [1.165, 1.54) is 31.5 Å². The van der Waals surface area contributed by atoms with Crippen molar-refractivity contribution in [2.75, 3.05) is 20.8 Å². The minimum absolute atomic E-state index is 0.130. The van der Waals surface area contributed by atoms with Gasteiger partial charge in [0, 0.05) is 31.7 Å². The molecule has 2 aromatic rings. The number of hydrogen-bond donors (Lipinski definition) is 1. The third kappa shape index (κ3) is 6.75. The minimum atomic E-state index is -0.739. The second-order valence-corrected chi connectivity index (χ2v) is 7.43. The van der Waals surface area contributed by atoms with Crippen LogP contribution in [0.2, 0.25) is 0 Å². The summed E-state index contributed by atoms with van der Waals surface area (Å²) in [6.07, 6.45) is 1.23. The molecule has 0 saturated carbocycles. The fraction of sp³-hybridized carbons (Fsp3) is 0.435. The Labute approximate surface area is 181 Å². The van der Waals surface area contributed by atoms with Gasteiger partial charge in [-0.2, -0.15) is 0 Å². The molecule has 2 rings (SSSR count). The van der Waals surface area contributed by atoms with Crippen molar-refractivity contribution in [2.45, 2.75) is 32.8 Å². The monoisotopic (exact) mass is 433 g/mol. The molecule has 0 aliphatic rings. The number of aromatic nitrogens is 1. The molecule has 31 heavy (non-hydrogen) atoms. The second-order valence-electron chi connectivity index (χ2n) is 7.43. The van der Waals surface area contributed by atoms with Crippen LogP contribution in [0.4, 0.5) is 4.39 Å². The molecule has 0 aliphatic carbocycles. The van der Waals surface area contributed by atoms with E-state index in [9.17, 15) is 19.1 Å². The number of ketones is 1. The van der Waals surface area contributed by atoms with Crippen LogP contribution in [0.15, 0.2) is 36.5 Å². The van der Waals surface area contributed by atoms with Gasteiger partial charge in [0.2, 0.25) is 0 Å². The van der Waals surface area contributed by atoms with E-state index in [2.05, 4.69) is 4.98 Å². The Morgan fingerprint density at radius 2 is 1.81 bits per heavy atom. The molecule has 1 N–H and O–H groups in total. The Balaban J connectivity index is 1.99. The summed E-state index contributed by atoms with van der Waals surface area (Å²) in [6, 6.07) is 7.56.